The van der Waals surface area contributed by atoms with Crippen LogP contribution in [0.3, 0.4) is 0 Å². The lowest BCUT2D eigenvalue weighted by Gasteiger charge is -2.15. The van der Waals surface area contributed by atoms with E-state index in [-0.39, 0.29) is 5.56 Å². The SMILES string of the molecule is Fc1c(F)c(-n2c3ccccc3c3ccccc32)c(F)c(F)c1-c1ccc(-c2cc3cc4ccccc4cn3n2)cc1. The molecule has 0 aliphatic rings. The summed E-state index contributed by atoms with van der Waals surface area (Å²) in [6.45, 7) is 0. The maximum Gasteiger partial charge on any atom is 0.186 e. The van der Waals surface area contributed by atoms with E-state index in [1.54, 1.807) is 65.2 Å². The van der Waals surface area contributed by atoms with Gasteiger partial charge in [-0.25, -0.2) is 22.1 Å². The minimum absolute atomic E-state index is 0.00910. The Hall–Kier alpha value is -5.43. The van der Waals surface area contributed by atoms with Gasteiger partial charge in [-0.15, -0.1) is 0 Å². The molecule has 3 heterocycles. The van der Waals surface area contributed by atoms with Crippen LogP contribution < -0.4 is 0 Å². The molecule has 0 atom stereocenters. The number of benzene rings is 5. The average molecular weight is 558 g/mol. The second-order valence-electron chi connectivity index (χ2n) is 10.2. The van der Waals surface area contributed by atoms with Crippen LogP contribution in [0.1, 0.15) is 0 Å². The molecule has 42 heavy (non-hydrogen) atoms. The third-order valence-corrected chi connectivity index (χ3v) is 7.84. The molecule has 3 aromatic heterocycles. The zero-order valence-corrected chi connectivity index (χ0v) is 21.8. The minimum Gasteiger partial charge on any atom is -0.304 e. The van der Waals surface area contributed by atoms with Crippen molar-refractivity contribution in [1.29, 1.82) is 0 Å². The van der Waals surface area contributed by atoms with Gasteiger partial charge in [0.05, 0.1) is 27.8 Å². The van der Waals surface area contributed by atoms with E-state index >= 15 is 17.6 Å². The molecule has 8 aromatic rings. The van der Waals surface area contributed by atoms with Gasteiger partial charge in [0.1, 0.15) is 5.69 Å². The van der Waals surface area contributed by atoms with Crippen LogP contribution in [0, 0.1) is 23.3 Å². The van der Waals surface area contributed by atoms with Crippen molar-refractivity contribution in [2.24, 2.45) is 0 Å². The van der Waals surface area contributed by atoms with Gasteiger partial charge in [-0.2, -0.15) is 5.10 Å². The maximum atomic E-state index is 15.8. The second-order valence-corrected chi connectivity index (χ2v) is 10.2. The van der Waals surface area contributed by atoms with Crippen LogP contribution in [0.4, 0.5) is 17.6 Å². The Morgan fingerprint density at radius 2 is 1.07 bits per heavy atom. The summed E-state index contributed by atoms with van der Waals surface area (Å²) < 4.78 is 65.9. The zero-order valence-electron chi connectivity index (χ0n) is 21.8. The highest BCUT2D eigenvalue weighted by Gasteiger charge is 2.29. The lowest BCUT2D eigenvalue weighted by molar-refractivity contribution is 0.454. The highest BCUT2D eigenvalue weighted by Crippen LogP contribution is 2.39. The van der Waals surface area contributed by atoms with Gasteiger partial charge < -0.3 is 4.57 Å². The molecule has 0 saturated heterocycles. The summed E-state index contributed by atoms with van der Waals surface area (Å²) in [4.78, 5) is 0. The Labute approximate surface area is 236 Å². The van der Waals surface area contributed by atoms with Crippen LogP contribution in [-0.4, -0.2) is 14.2 Å². The van der Waals surface area contributed by atoms with Crippen LogP contribution in [-0.2, 0) is 0 Å². The Bertz CT molecular complexity index is 2220. The van der Waals surface area contributed by atoms with Crippen LogP contribution in [0.5, 0.6) is 0 Å². The number of fused-ring (bicyclic) bond motifs is 5. The van der Waals surface area contributed by atoms with Crippen molar-refractivity contribution < 1.29 is 17.6 Å². The number of pyridine rings is 1. The number of para-hydroxylation sites is 2. The largest absolute Gasteiger partial charge is 0.304 e. The molecule has 0 radical (unpaired) electrons. The fourth-order valence-electron chi connectivity index (χ4n) is 5.85. The summed E-state index contributed by atoms with van der Waals surface area (Å²) in [5, 5.41) is 8.18. The number of nitrogens with zero attached hydrogens (tertiary/aromatic N) is 3. The van der Waals surface area contributed by atoms with Gasteiger partial charge in [-0.1, -0.05) is 84.9 Å². The third kappa shape index (κ3) is 3.50. The van der Waals surface area contributed by atoms with E-state index in [2.05, 4.69) is 5.10 Å². The molecule has 0 spiro atoms. The van der Waals surface area contributed by atoms with Gasteiger partial charge >= 0.3 is 0 Å². The number of aromatic nitrogens is 3. The normalized spacial score (nSPS) is 11.8. The molecule has 0 saturated carbocycles. The van der Waals surface area contributed by atoms with Gasteiger partial charge in [-0.3, -0.25) is 0 Å². The lowest BCUT2D eigenvalue weighted by Crippen LogP contribution is -2.09. The van der Waals surface area contributed by atoms with E-state index in [9.17, 15) is 0 Å². The summed E-state index contributed by atoms with van der Waals surface area (Å²) in [5.74, 6) is -5.85. The molecule has 0 aliphatic heterocycles. The molecule has 7 heteroatoms. The van der Waals surface area contributed by atoms with Gasteiger partial charge in [0.25, 0.3) is 0 Å². The highest BCUT2D eigenvalue weighted by atomic mass is 19.2. The number of rotatable bonds is 3. The Morgan fingerprint density at radius 3 is 1.71 bits per heavy atom. The Kier molecular flexibility index (Phi) is 5.25. The molecule has 0 unspecified atom stereocenters. The molecule has 0 aliphatic carbocycles. The zero-order chi connectivity index (χ0) is 28.5. The molecule has 0 bridgehead atoms. The van der Waals surface area contributed by atoms with E-state index in [1.165, 1.54) is 16.7 Å². The van der Waals surface area contributed by atoms with Gasteiger partial charge in [0, 0.05) is 27.9 Å². The first-order valence-corrected chi connectivity index (χ1v) is 13.3. The minimum atomic E-state index is -1.47. The summed E-state index contributed by atoms with van der Waals surface area (Å²) >= 11 is 0. The molecule has 3 nitrogen and oxygen atoms in total. The van der Waals surface area contributed by atoms with Crippen LogP contribution in [0.2, 0.25) is 0 Å². The molecule has 5 aromatic carbocycles. The molecular weight excluding hydrogens is 538 g/mol. The van der Waals surface area contributed by atoms with E-state index in [1.807, 2.05) is 42.6 Å². The molecular formula is C35H19F4N3. The topological polar surface area (TPSA) is 22.2 Å². The van der Waals surface area contributed by atoms with E-state index in [0.717, 1.165) is 16.3 Å². The number of hydrogen-bond acceptors (Lipinski definition) is 1. The predicted octanol–water partition coefficient (Wildman–Crippen LogP) is 9.47. The number of hydrogen-bond donors (Lipinski definition) is 0. The summed E-state index contributed by atoms with van der Waals surface area (Å²) in [5.41, 5.74) is 1.55. The summed E-state index contributed by atoms with van der Waals surface area (Å²) in [7, 11) is 0. The van der Waals surface area contributed by atoms with Crippen molar-refractivity contribution >= 4 is 38.1 Å². The molecule has 202 valence electrons. The van der Waals surface area contributed by atoms with Crippen molar-refractivity contribution in [3.63, 3.8) is 0 Å². The molecule has 8 rings (SSSR count). The van der Waals surface area contributed by atoms with Gasteiger partial charge in [-0.05, 0) is 35.2 Å². The quantitative estimate of drug-likeness (QED) is 0.157. The Balaban J connectivity index is 1.24. The second kappa shape index (κ2) is 9.04. The number of halogens is 4. The van der Waals surface area contributed by atoms with Gasteiger partial charge in [0.2, 0.25) is 0 Å². The van der Waals surface area contributed by atoms with Crippen molar-refractivity contribution in [3.8, 4) is 28.1 Å². The molecule has 0 fully saturated rings. The fourth-order valence-corrected chi connectivity index (χ4v) is 5.85. The predicted molar refractivity (Wildman–Crippen MR) is 158 cm³/mol. The fraction of sp³-hybridized carbons (Fsp3) is 0. The monoisotopic (exact) mass is 557 g/mol. The first-order valence-electron chi connectivity index (χ1n) is 13.3. The van der Waals surface area contributed by atoms with E-state index in [4.69, 9.17) is 0 Å². The van der Waals surface area contributed by atoms with Gasteiger partial charge in [0.15, 0.2) is 23.3 Å². The van der Waals surface area contributed by atoms with E-state index < -0.39 is 34.5 Å². The smallest absolute Gasteiger partial charge is 0.186 e. The third-order valence-electron chi connectivity index (χ3n) is 7.84. The summed E-state index contributed by atoms with van der Waals surface area (Å²) in [6.07, 6.45) is 1.93. The first-order chi connectivity index (χ1) is 20.5. The van der Waals surface area contributed by atoms with Crippen molar-refractivity contribution in [3.05, 3.63) is 139 Å². The average Bonchev–Trinajstić information content (AvgIpc) is 3.59. The van der Waals surface area contributed by atoms with Crippen LogP contribution in [0.15, 0.2) is 115 Å². The van der Waals surface area contributed by atoms with Crippen LogP contribution >= 0.6 is 0 Å². The highest BCUT2D eigenvalue weighted by molar-refractivity contribution is 6.09. The first kappa shape index (κ1) is 24.4. The summed E-state index contributed by atoms with van der Waals surface area (Å²) in [6, 6.07) is 32.0. The van der Waals surface area contributed by atoms with Crippen molar-refractivity contribution in [2.45, 2.75) is 0 Å². The Morgan fingerprint density at radius 1 is 0.524 bits per heavy atom. The maximum absolute atomic E-state index is 15.8. The van der Waals surface area contributed by atoms with Crippen molar-refractivity contribution in [1.82, 2.24) is 14.2 Å². The van der Waals surface area contributed by atoms with Crippen LogP contribution in [0.25, 0.3) is 66.2 Å². The van der Waals surface area contributed by atoms with Crippen molar-refractivity contribution in [2.75, 3.05) is 0 Å². The molecule has 0 amide bonds. The van der Waals surface area contributed by atoms with E-state index in [0.29, 0.717) is 33.1 Å². The lowest BCUT2D eigenvalue weighted by atomic mass is 10.0. The molecule has 0 N–H and O–H groups in total. The standard InChI is InChI=1S/C35H19F4N3/c36-31-30(21-15-13-20(14-16-21)27-18-24-17-22-7-1-2-8-23(22)19-41(24)40-27)32(37)34(39)35(33(31)38)42-28-11-5-3-9-25(28)26-10-4-6-12-29(26)42/h1-19H.